The van der Waals surface area contributed by atoms with Crippen molar-refractivity contribution in [3.8, 4) is 5.75 Å². The number of aliphatic hydroxyl groups is 7. The van der Waals surface area contributed by atoms with Gasteiger partial charge in [-0.15, -0.1) is 0 Å². The first-order valence-electron chi connectivity index (χ1n) is 12.4. The fraction of sp³-hybridized carbons (Fsp3) is 0.640. The summed E-state index contributed by atoms with van der Waals surface area (Å²) in [6.07, 6.45) is -12.9. The van der Waals surface area contributed by atoms with Crippen molar-refractivity contribution in [2.75, 3.05) is 19.8 Å². The van der Waals surface area contributed by atoms with Crippen LogP contribution < -0.4 is 10.4 Å². The maximum absolute atomic E-state index is 11.6. The van der Waals surface area contributed by atoms with Crippen LogP contribution in [0.1, 0.15) is 25.5 Å². The molecular weight excluding hydrogens is 524 g/mol. The first kappa shape index (κ1) is 28.3. The topological polar surface area (TPSA) is 218 Å². The summed E-state index contributed by atoms with van der Waals surface area (Å²) in [6, 6.07) is 5.94. The summed E-state index contributed by atoms with van der Waals surface area (Å²) in [6.45, 7) is 1.54. The Hall–Kier alpha value is -2.21. The molecule has 4 heterocycles. The Kier molecular flexibility index (Phi) is 7.49. The standard InChI is InChI=1S/C25H32O14/c1-24(2,21-16(28)11-5-10-3-4-15(27)36-12(10)6-13(11)37-21)39-22-19(31)18(30)17(29)14(38-22)7-34-23-20(32)25(33,8-26)9-35-23/h3-6,14,16-23,26,28-33H,7-9H2,1-2H3/t14-,16-,17-,18+,19-,20+,21+,22+,23-,25-/m1/s1. The minimum atomic E-state index is -1.92. The molecule has 5 rings (SSSR count). The molecule has 216 valence electrons. The molecule has 1 aromatic carbocycles. The first-order chi connectivity index (χ1) is 18.3. The zero-order valence-electron chi connectivity index (χ0n) is 21.1. The molecule has 2 aromatic rings. The molecule has 7 N–H and O–H groups in total. The lowest BCUT2D eigenvalue weighted by Gasteiger charge is -2.44. The molecule has 0 aliphatic carbocycles. The first-order valence-corrected chi connectivity index (χ1v) is 12.4. The SMILES string of the molecule is CC(C)(O[C@@H]1O[C@H](CO[C@@H]2OC[C@](O)(CO)[C@H]2O)[C@@H](O)[C@H](O)[C@H]1O)[C@H]1Oc2cc3oc(=O)ccc3cc2[C@H]1O. The molecule has 10 atom stereocenters. The predicted octanol–water partition coefficient (Wildman–Crippen LogP) is -2.35. The number of aliphatic hydroxyl groups excluding tert-OH is 6. The van der Waals surface area contributed by atoms with Gasteiger partial charge in [0.1, 0.15) is 59.2 Å². The van der Waals surface area contributed by atoms with Gasteiger partial charge < -0.3 is 63.8 Å². The van der Waals surface area contributed by atoms with Crippen molar-refractivity contribution in [2.45, 2.75) is 80.4 Å². The number of hydrogen-bond acceptors (Lipinski definition) is 14. The zero-order chi connectivity index (χ0) is 28.3. The second-order valence-electron chi connectivity index (χ2n) is 10.6. The average Bonchev–Trinajstić information content (AvgIpc) is 3.38. The van der Waals surface area contributed by atoms with E-state index in [-0.39, 0.29) is 11.3 Å². The van der Waals surface area contributed by atoms with E-state index in [4.69, 9.17) is 28.1 Å². The lowest BCUT2D eigenvalue weighted by molar-refractivity contribution is -0.337. The summed E-state index contributed by atoms with van der Waals surface area (Å²) in [5.41, 5.74) is -3.09. The summed E-state index contributed by atoms with van der Waals surface area (Å²) < 4.78 is 33.4. The van der Waals surface area contributed by atoms with Gasteiger partial charge in [0.15, 0.2) is 18.7 Å². The van der Waals surface area contributed by atoms with E-state index in [0.29, 0.717) is 10.9 Å². The third kappa shape index (κ3) is 5.07. The van der Waals surface area contributed by atoms with E-state index in [0.717, 1.165) is 0 Å². The predicted molar refractivity (Wildman–Crippen MR) is 127 cm³/mol. The molecule has 14 heteroatoms. The van der Waals surface area contributed by atoms with Crippen LogP contribution in [-0.4, -0.2) is 116 Å². The highest BCUT2D eigenvalue weighted by atomic mass is 16.7. The van der Waals surface area contributed by atoms with Crippen LogP contribution in [-0.2, 0) is 18.9 Å². The fourth-order valence-electron chi connectivity index (χ4n) is 4.98. The normalized spacial score (nSPS) is 38.6. The van der Waals surface area contributed by atoms with Crippen LogP contribution >= 0.6 is 0 Å². The third-order valence-corrected chi connectivity index (χ3v) is 7.39. The van der Waals surface area contributed by atoms with Crippen LogP contribution in [0.3, 0.4) is 0 Å². The summed E-state index contributed by atoms with van der Waals surface area (Å²) in [5.74, 6) is 0.274. The van der Waals surface area contributed by atoms with Crippen molar-refractivity contribution in [3.63, 3.8) is 0 Å². The van der Waals surface area contributed by atoms with E-state index in [2.05, 4.69) is 0 Å². The maximum atomic E-state index is 11.6. The fourth-order valence-corrected chi connectivity index (χ4v) is 4.98. The summed E-state index contributed by atoms with van der Waals surface area (Å²) >= 11 is 0. The molecule has 3 aliphatic rings. The number of rotatable bonds is 7. The molecule has 2 fully saturated rings. The van der Waals surface area contributed by atoms with Gasteiger partial charge in [-0.05, 0) is 26.0 Å². The van der Waals surface area contributed by atoms with Crippen molar-refractivity contribution < 1.29 is 63.8 Å². The number of fused-ring (bicyclic) bond motifs is 2. The highest BCUT2D eigenvalue weighted by molar-refractivity contribution is 5.80. The van der Waals surface area contributed by atoms with Gasteiger partial charge >= 0.3 is 5.63 Å². The van der Waals surface area contributed by atoms with Crippen LogP contribution in [0.4, 0.5) is 0 Å². The lowest BCUT2D eigenvalue weighted by atomic mass is 9.93. The van der Waals surface area contributed by atoms with E-state index < -0.39 is 92.0 Å². The quantitative estimate of drug-likeness (QED) is 0.178. The Morgan fingerprint density at radius 3 is 2.49 bits per heavy atom. The molecule has 1 aromatic heterocycles. The molecule has 0 bridgehead atoms. The van der Waals surface area contributed by atoms with Crippen molar-refractivity contribution >= 4 is 11.0 Å². The third-order valence-electron chi connectivity index (χ3n) is 7.39. The molecule has 0 saturated carbocycles. The van der Waals surface area contributed by atoms with Gasteiger partial charge in [0.2, 0.25) is 0 Å². The van der Waals surface area contributed by atoms with Gasteiger partial charge in [-0.3, -0.25) is 0 Å². The zero-order valence-corrected chi connectivity index (χ0v) is 21.1. The molecule has 39 heavy (non-hydrogen) atoms. The Labute approximate surface area is 221 Å². The molecule has 0 spiro atoms. The van der Waals surface area contributed by atoms with Crippen molar-refractivity contribution in [2.24, 2.45) is 0 Å². The van der Waals surface area contributed by atoms with Gasteiger partial charge in [-0.25, -0.2) is 4.79 Å². The molecule has 2 saturated heterocycles. The van der Waals surface area contributed by atoms with Gasteiger partial charge in [-0.2, -0.15) is 0 Å². The van der Waals surface area contributed by atoms with E-state index in [1.54, 1.807) is 26.0 Å². The van der Waals surface area contributed by atoms with Crippen molar-refractivity contribution in [1.82, 2.24) is 0 Å². The van der Waals surface area contributed by atoms with E-state index in [9.17, 15) is 40.5 Å². The second kappa shape index (κ2) is 10.3. The largest absolute Gasteiger partial charge is 0.484 e. The Morgan fingerprint density at radius 1 is 1.05 bits per heavy atom. The minimum Gasteiger partial charge on any atom is -0.484 e. The van der Waals surface area contributed by atoms with Crippen LogP contribution in [0.5, 0.6) is 5.75 Å². The van der Waals surface area contributed by atoms with E-state index >= 15 is 0 Å². The van der Waals surface area contributed by atoms with Gasteiger partial charge in [0, 0.05) is 23.1 Å². The van der Waals surface area contributed by atoms with Crippen LogP contribution in [0.25, 0.3) is 11.0 Å². The maximum Gasteiger partial charge on any atom is 0.336 e. The highest BCUT2D eigenvalue weighted by Gasteiger charge is 2.52. The minimum absolute atomic E-state index is 0.271. The van der Waals surface area contributed by atoms with Gasteiger partial charge in [0.25, 0.3) is 0 Å². The van der Waals surface area contributed by atoms with Gasteiger partial charge in [0.05, 0.1) is 19.8 Å². The van der Waals surface area contributed by atoms with E-state index in [1.165, 1.54) is 12.1 Å². The summed E-state index contributed by atoms with van der Waals surface area (Å²) in [4.78, 5) is 11.6. The Balaban J connectivity index is 1.28. The van der Waals surface area contributed by atoms with Crippen molar-refractivity contribution in [3.05, 3.63) is 40.2 Å². The lowest BCUT2D eigenvalue weighted by Crippen LogP contribution is -2.62. The number of benzene rings is 1. The van der Waals surface area contributed by atoms with Crippen molar-refractivity contribution in [1.29, 1.82) is 0 Å². The molecule has 0 radical (unpaired) electrons. The van der Waals surface area contributed by atoms with E-state index in [1.807, 2.05) is 0 Å². The van der Waals surface area contributed by atoms with Crippen LogP contribution in [0.2, 0.25) is 0 Å². The number of hydrogen-bond donors (Lipinski definition) is 7. The van der Waals surface area contributed by atoms with Crippen LogP contribution in [0, 0.1) is 0 Å². The highest BCUT2D eigenvalue weighted by Crippen LogP contribution is 2.44. The monoisotopic (exact) mass is 556 g/mol. The average molecular weight is 557 g/mol. The Bertz CT molecular complexity index is 1250. The second-order valence-corrected chi connectivity index (χ2v) is 10.6. The molecule has 0 amide bonds. The molecule has 14 nitrogen and oxygen atoms in total. The summed E-state index contributed by atoms with van der Waals surface area (Å²) in [5, 5.41) is 72.6. The number of ether oxygens (including phenoxy) is 5. The van der Waals surface area contributed by atoms with Crippen LogP contribution in [0.15, 0.2) is 33.5 Å². The van der Waals surface area contributed by atoms with Gasteiger partial charge in [-0.1, -0.05) is 0 Å². The molecular formula is C25H32O14. The molecule has 3 aliphatic heterocycles. The molecule has 0 unspecified atom stereocenters. The summed E-state index contributed by atoms with van der Waals surface area (Å²) in [7, 11) is 0. The smallest absolute Gasteiger partial charge is 0.336 e. The Morgan fingerprint density at radius 2 is 1.79 bits per heavy atom.